The van der Waals surface area contributed by atoms with Crippen LogP contribution in [0.15, 0.2) is 18.2 Å². The molecule has 0 unspecified atom stereocenters. The fourth-order valence-electron chi connectivity index (χ4n) is 2.40. The maximum atomic E-state index is 13.9. The van der Waals surface area contributed by atoms with Crippen LogP contribution in [0.3, 0.4) is 0 Å². The third-order valence-electron chi connectivity index (χ3n) is 3.63. The summed E-state index contributed by atoms with van der Waals surface area (Å²) >= 11 is 0. The standard InChI is InChI=1S/C14H20FN3O3S/c1-3-17(4-2)14(19)16-13-10-11(6-7-12(13)15)18-8-5-9-22(18,20)21/h6-7,10H,3-5,8-9H2,1-2H3,(H,16,19). The minimum Gasteiger partial charge on any atom is -0.325 e. The summed E-state index contributed by atoms with van der Waals surface area (Å²) in [5.74, 6) is -0.508. The maximum absolute atomic E-state index is 13.9. The van der Waals surface area contributed by atoms with E-state index in [1.807, 2.05) is 13.8 Å². The molecule has 1 N–H and O–H groups in total. The van der Waals surface area contributed by atoms with Crippen LogP contribution < -0.4 is 9.62 Å². The lowest BCUT2D eigenvalue weighted by molar-refractivity contribution is 0.217. The third kappa shape index (κ3) is 3.32. The molecule has 0 spiro atoms. The van der Waals surface area contributed by atoms with Crippen molar-refractivity contribution in [2.24, 2.45) is 0 Å². The van der Waals surface area contributed by atoms with Crippen LogP contribution in [0.1, 0.15) is 20.3 Å². The lowest BCUT2D eigenvalue weighted by atomic mass is 10.2. The highest BCUT2D eigenvalue weighted by atomic mass is 32.2. The van der Waals surface area contributed by atoms with Gasteiger partial charge in [-0.05, 0) is 38.5 Å². The molecule has 0 aromatic heterocycles. The number of nitrogens with zero attached hydrogens (tertiary/aromatic N) is 2. The van der Waals surface area contributed by atoms with Crippen molar-refractivity contribution in [1.29, 1.82) is 0 Å². The van der Waals surface area contributed by atoms with Gasteiger partial charge in [-0.1, -0.05) is 0 Å². The van der Waals surface area contributed by atoms with Crippen LogP contribution >= 0.6 is 0 Å². The predicted octanol–water partition coefficient (Wildman–Crippen LogP) is 2.24. The van der Waals surface area contributed by atoms with E-state index >= 15 is 0 Å². The first-order chi connectivity index (χ1) is 10.4. The lowest BCUT2D eigenvalue weighted by Crippen LogP contribution is -2.34. The molecule has 8 heteroatoms. The van der Waals surface area contributed by atoms with E-state index in [2.05, 4.69) is 5.32 Å². The zero-order chi connectivity index (χ0) is 16.3. The molecule has 0 aliphatic carbocycles. The average Bonchev–Trinajstić information content (AvgIpc) is 2.82. The molecule has 0 bridgehead atoms. The normalized spacial score (nSPS) is 16.6. The molecule has 0 atom stereocenters. The van der Waals surface area contributed by atoms with Gasteiger partial charge in [-0.15, -0.1) is 0 Å². The van der Waals surface area contributed by atoms with Gasteiger partial charge in [-0.25, -0.2) is 17.6 Å². The highest BCUT2D eigenvalue weighted by Gasteiger charge is 2.29. The largest absolute Gasteiger partial charge is 0.325 e. The first-order valence-electron chi connectivity index (χ1n) is 7.25. The SMILES string of the molecule is CCN(CC)C(=O)Nc1cc(N2CCCS2(=O)=O)ccc1F. The van der Waals surface area contributed by atoms with Crippen molar-refractivity contribution < 1.29 is 17.6 Å². The van der Waals surface area contributed by atoms with Crippen molar-refractivity contribution >= 4 is 27.4 Å². The minimum atomic E-state index is -3.34. The summed E-state index contributed by atoms with van der Waals surface area (Å²) in [6.07, 6.45) is 0.543. The van der Waals surface area contributed by atoms with Crippen LogP contribution in [-0.2, 0) is 10.0 Å². The number of anilines is 2. The van der Waals surface area contributed by atoms with Crippen LogP contribution in [0, 0.1) is 5.82 Å². The molecule has 22 heavy (non-hydrogen) atoms. The van der Waals surface area contributed by atoms with Gasteiger partial charge in [0.1, 0.15) is 5.82 Å². The van der Waals surface area contributed by atoms with E-state index in [0.717, 1.165) is 0 Å². The average molecular weight is 329 g/mol. The summed E-state index contributed by atoms with van der Waals surface area (Å²) in [6, 6.07) is 3.52. The summed E-state index contributed by atoms with van der Waals surface area (Å²) in [5, 5.41) is 2.49. The van der Waals surface area contributed by atoms with Gasteiger partial charge in [0.25, 0.3) is 0 Å². The number of halogens is 1. The van der Waals surface area contributed by atoms with E-state index in [9.17, 15) is 17.6 Å². The second-order valence-corrected chi connectivity index (χ2v) is 7.02. The van der Waals surface area contributed by atoms with Gasteiger partial charge in [0, 0.05) is 19.6 Å². The smallest absolute Gasteiger partial charge is 0.321 e. The van der Waals surface area contributed by atoms with Gasteiger partial charge in [0.05, 0.1) is 17.1 Å². The van der Waals surface area contributed by atoms with Crippen LogP contribution in [0.2, 0.25) is 0 Å². The molecule has 1 fully saturated rings. The van der Waals surface area contributed by atoms with Crippen molar-refractivity contribution in [3.8, 4) is 0 Å². The zero-order valence-electron chi connectivity index (χ0n) is 12.7. The molecule has 1 heterocycles. The van der Waals surface area contributed by atoms with Crippen LogP contribution in [0.5, 0.6) is 0 Å². The molecule has 1 aliphatic rings. The second-order valence-electron chi connectivity index (χ2n) is 5.01. The predicted molar refractivity (Wildman–Crippen MR) is 84.1 cm³/mol. The summed E-state index contributed by atoms with van der Waals surface area (Å²) < 4.78 is 39.0. The molecule has 6 nitrogen and oxygen atoms in total. The quantitative estimate of drug-likeness (QED) is 0.921. The summed E-state index contributed by atoms with van der Waals surface area (Å²) in [4.78, 5) is 13.5. The number of rotatable bonds is 4. The molecule has 122 valence electrons. The van der Waals surface area contributed by atoms with Crippen molar-refractivity contribution in [1.82, 2.24) is 4.90 Å². The van der Waals surface area contributed by atoms with E-state index in [1.54, 1.807) is 0 Å². The van der Waals surface area contributed by atoms with E-state index < -0.39 is 21.9 Å². The van der Waals surface area contributed by atoms with Gasteiger partial charge >= 0.3 is 6.03 Å². The Hall–Kier alpha value is -1.83. The van der Waals surface area contributed by atoms with Crippen molar-refractivity contribution in [2.75, 3.05) is 35.0 Å². The Morgan fingerprint density at radius 1 is 1.36 bits per heavy atom. The number of hydrogen-bond acceptors (Lipinski definition) is 3. The van der Waals surface area contributed by atoms with E-state index in [1.165, 1.54) is 27.4 Å². The summed E-state index contributed by atoms with van der Waals surface area (Å²) in [6.45, 7) is 5.03. The van der Waals surface area contributed by atoms with Gasteiger partial charge in [-0.3, -0.25) is 4.31 Å². The van der Waals surface area contributed by atoms with E-state index in [0.29, 0.717) is 31.7 Å². The molecule has 1 aromatic rings. The summed E-state index contributed by atoms with van der Waals surface area (Å²) in [7, 11) is -3.34. The number of nitrogens with one attached hydrogen (secondary N) is 1. The molecule has 1 aliphatic heterocycles. The van der Waals surface area contributed by atoms with Crippen molar-refractivity contribution in [3.63, 3.8) is 0 Å². The van der Waals surface area contributed by atoms with E-state index in [-0.39, 0.29) is 11.4 Å². The minimum absolute atomic E-state index is 0.0171. The second kappa shape index (κ2) is 6.51. The maximum Gasteiger partial charge on any atom is 0.321 e. The van der Waals surface area contributed by atoms with Gasteiger partial charge < -0.3 is 10.2 Å². The van der Waals surface area contributed by atoms with Gasteiger partial charge in [-0.2, -0.15) is 0 Å². The Balaban J connectivity index is 2.26. The Morgan fingerprint density at radius 3 is 2.59 bits per heavy atom. The first-order valence-corrected chi connectivity index (χ1v) is 8.85. The number of hydrogen-bond donors (Lipinski definition) is 1. The molecule has 1 aromatic carbocycles. The highest BCUT2D eigenvalue weighted by molar-refractivity contribution is 7.93. The number of benzene rings is 1. The Labute approximate surface area is 130 Å². The van der Waals surface area contributed by atoms with Gasteiger partial charge in [0.15, 0.2) is 0 Å². The number of amides is 2. The topological polar surface area (TPSA) is 69.7 Å². The van der Waals surface area contributed by atoms with E-state index in [4.69, 9.17) is 0 Å². The number of carbonyl (C=O) groups excluding carboxylic acids is 1. The van der Waals surface area contributed by atoms with Crippen LogP contribution in [-0.4, -0.2) is 44.7 Å². The monoisotopic (exact) mass is 329 g/mol. The van der Waals surface area contributed by atoms with Crippen LogP contribution in [0.25, 0.3) is 0 Å². The Kier molecular flexibility index (Phi) is 4.90. The Bertz CT molecular complexity index is 659. The molecule has 2 rings (SSSR count). The first kappa shape index (κ1) is 16.5. The highest BCUT2D eigenvalue weighted by Crippen LogP contribution is 2.28. The third-order valence-corrected chi connectivity index (χ3v) is 5.50. The lowest BCUT2D eigenvalue weighted by Gasteiger charge is -2.21. The summed E-state index contributed by atoms with van der Waals surface area (Å²) in [5.41, 5.74) is 0.352. The molecular weight excluding hydrogens is 309 g/mol. The fourth-order valence-corrected chi connectivity index (χ4v) is 3.96. The molecule has 0 radical (unpaired) electrons. The number of carbonyl (C=O) groups is 1. The molecule has 0 saturated carbocycles. The Morgan fingerprint density at radius 2 is 2.05 bits per heavy atom. The van der Waals surface area contributed by atoms with Crippen LogP contribution in [0.4, 0.5) is 20.6 Å². The molecule has 1 saturated heterocycles. The zero-order valence-corrected chi connectivity index (χ0v) is 13.5. The van der Waals surface area contributed by atoms with Crippen molar-refractivity contribution in [3.05, 3.63) is 24.0 Å². The fraction of sp³-hybridized carbons (Fsp3) is 0.500. The molecule has 2 amide bonds. The van der Waals surface area contributed by atoms with Crippen molar-refractivity contribution in [2.45, 2.75) is 20.3 Å². The van der Waals surface area contributed by atoms with Gasteiger partial charge in [0.2, 0.25) is 10.0 Å². The molecular formula is C14H20FN3O3S. The number of urea groups is 1. The number of sulfonamides is 1.